The molecule has 0 radical (unpaired) electrons. The number of aliphatic carboxylic acids is 1. The smallest absolute Gasteiger partial charge is 0.311 e. The van der Waals surface area contributed by atoms with Crippen LogP contribution in [0.4, 0.5) is 0 Å². The average molecular weight is 293 g/mol. The Labute approximate surface area is 114 Å². The van der Waals surface area contributed by atoms with E-state index in [4.69, 9.17) is 28.3 Å². The highest BCUT2D eigenvalue weighted by Gasteiger charge is 2.31. The summed E-state index contributed by atoms with van der Waals surface area (Å²) in [7, 11) is 0. The Morgan fingerprint density at radius 3 is 2.50 bits per heavy atom. The quantitative estimate of drug-likeness (QED) is 0.780. The van der Waals surface area contributed by atoms with E-state index in [0.717, 1.165) is 0 Å². The second kappa shape index (κ2) is 5.63. The van der Waals surface area contributed by atoms with Gasteiger partial charge in [0.15, 0.2) is 0 Å². The maximum absolute atomic E-state index is 11.7. The third-order valence-corrected chi connectivity index (χ3v) is 3.60. The molecule has 0 aromatic carbocycles. The van der Waals surface area contributed by atoms with Crippen LogP contribution in [0.2, 0.25) is 10.2 Å². The molecule has 0 saturated carbocycles. The minimum absolute atomic E-state index is 0.0337. The lowest BCUT2D eigenvalue weighted by atomic mass is 9.88. The van der Waals surface area contributed by atoms with Gasteiger partial charge in [-0.1, -0.05) is 30.1 Å². The number of hydrogen-bond donors (Lipinski definition) is 3. The molecule has 1 heterocycles. The summed E-state index contributed by atoms with van der Waals surface area (Å²) in [6, 6.07) is 1.39. The van der Waals surface area contributed by atoms with Crippen molar-refractivity contribution in [2.45, 2.75) is 20.3 Å². The molecule has 1 aromatic heterocycles. The van der Waals surface area contributed by atoms with E-state index < -0.39 is 17.3 Å². The predicted molar refractivity (Wildman–Crippen MR) is 69.2 cm³/mol. The summed E-state index contributed by atoms with van der Waals surface area (Å²) >= 11 is 11.4. The average Bonchev–Trinajstić information content (AvgIpc) is 2.66. The van der Waals surface area contributed by atoms with E-state index in [1.54, 1.807) is 13.8 Å². The van der Waals surface area contributed by atoms with Crippen molar-refractivity contribution >= 4 is 35.1 Å². The van der Waals surface area contributed by atoms with Crippen LogP contribution in [0.3, 0.4) is 0 Å². The number of H-pyrrole nitrogens is 1. The summed E-state index contributed by atoms with van der Waals surface area (Å²) in [5.74, 6) is -1.39. The van der Waals surface area contributed by atoms with Crippen LogP contribution in [-0.4, -0.2) is 28.5 Å². The summed E-state index contributed by atoms with van der Waals surface area (Å²) in [5.41, 5.74) is -0.788. The number of carbonyl (C=O) groups is 2. The third-order valence-electron chi connectivity index (χ3n) is 2.91. The summed E-state index contributed by atoms with van der Waals surface area (Å²) < 4.78 is 0. The highest BCUT2D eigenvalue weighted by atomic mass is 35.5. The summed E-state index contributed by atoms with van der Waals surface area (Å²) in [5, 5.41) is 12.0. The third kappa shape index (κ3) is 3.17. The van der Waals surface area contributed by atoms with Crippen LogP contribution >= 0.6 is 23.2 Å². The van der Waals surface area contributed by atoms with E-state index in [2.05, 4.69) is 10.3 Å². The topological polar surface area (TPSA) is 82.2 Å². The Morgan fingerprint density at radius 2 is 2.11 bits per heavy atom. The standard InChI is InChI=1S/C11H14Cl2N2O3/c1-3-11(2,10(17)18)5-14-9(16)7-4-6(12)8(13)15-7/h4,15H,3,5H2,1-2H3,(H,14,16)(H,17,18). The van der Waals surface area contributed by atoms with Gasteiger partial charge < -0.3 is 15.4 Å². The molecule has 5 nitrogen and oxygen atoms in total. The summed E-state index contributed by atoms with van der Waals surface area (Å²) in [6.45, 7) is 3.36. The van der Waals surface area contributed by atoms with Gasteiger partial charge in [-0.25, -0.2) is 0 Å². The van der Waals surface area contributed by atoms with Gasteiger partial charge in [-0.15, -0.1) is 0 Å². The second-order valence-corrected chi connectivity index (χ2v) is 5.03. The van der Waals surface area contributed by atoms with Crippen LogP contribution < -0.4 is 5.32 Å². The first-order valence-corrected chi connectivity index (χ1v) is 6.11. The molecule has 0 saturated heterocycles. The molecule has 0 aliphatic heterocycles. The molecule has 1 atom stereocenters. The van der Waals surface area contributed by atoms with Gasteiger partial charge in [0, 0.05) is 6.54 Å². The Bertz CT molecular complexity index is 453. The van der Waals surface area contributed by atoms with Crippen molar-refractivity contribution in [1.29, 1.82) is 0 Å². The van der Waals surface area contributed by atoms with Crippen LogP contribution in [-0.2, 0) is 4.79 Å². The lowest BCUT2D eigenvalue weighted by molar-refractivity contribution is -0.147. The van der Waals surface area contributed by atoms with Gasteiger partial charge in [0.2, 0.25) is 0 Å². The van der Waals surface area contributed by atoms with Crippen molar-refractivity contribution in [3.8, 4) is 0 Å². The first-order valence-electron chi connectivity index (χ1n) is 5.35. The molecule has 1 unspecified atom stereocenters. The van der Waals surface area contributed by atoms with Crippen LogP contribution in [0.15, 0.2) is 6.07 Å². The van der Waals surface area contributed by atoms with Gasteiger partial charge in [0.1, 0.15) is 10.8 Å². The van der Waals surface area contributed by atoms with E-state index >= 15 is 0 Å². The molecule has 3 N–H and O–H groups in total. The van der Waals surface area contributed by atoms with Crippen molar-refractivity contribution in [2.75, 3.05) is 6.54 Å². The Hall–Kier alpha value is -1.20. The number of hydrogen-bond acceptors (Lipinski definition) is 2. The van der Waals surface area contributed by atoms with Gasteiger partial charge >= 0.3 is 5.97 Å². The van der Waals surface area contributed by atoms with Gasteiger partial charge in [-0.05, 0) is 19.4 Å². The summed E-state index contributed by atoms with van der Waals surface area (Å²) in [4.78, 5) is 25.4. The number of carboxylic acids is 1. The number of aromatic amines is 1. The molecule has 1 amide bonds. The number of amides is 1. The molecule has 1 aromatic rings. The maximum Gasteiger partial charge on any atom is 0.311 e. The first-order chi connectivity index (χ1) is 8.30. The van der Waals surface area contributed by atoms with Crippen molar-refractivity contribution < 1.29 is 14.7 Å². The Morgan fingerprint density at radius 1 is 1.50 bits per heavy atom. The van der Waals surface area contributed by atoms with Crippen LogP contribution in [0.25, 0.3) is 0 Å². The number of aromatic nitrogens is 1. The summed E-state index contributed by atoms with van der Waals surface area (Å²) in [6.07, 6.45) is 0.412. The number of halogens is 2. The van der Waals surface area contributed by atoms with Crippen LogP contribution in [0.5, 0.6) is 0 Å². The number of carbonyl (C=O) groups excluding carboxylic acids is 1. The van der Waals surface area contributed by atoms with E-state index in [9.17, 15) is 9.59 Å². The lowest BCUT2D eigenvalue weighted by Gasteiger charge is -2.22. The zero-order valence-corrected chi connectivity index (χ0v) is 11.5. The minimum atomic E-state index is -0.990. The van der Waals surface area contributed by atoms with Crippen molar-refractivity contribution in [2.24, 2.45) is 5.41 Å². The molecule has 0 aliphatic rings. The van der Waals surface area contributed by atoms with Crippen LogP contribution in [0, 0.1) is 5.41 Å². The Balaban J connectivity index is 2.69. The fourth-order valence-corrected chi connectivity index (χ4v) is 1.56. The molecule has 0 spiro atoms. The number of nitrogens with one attached hydrogen (secondary N) is 2. The normalized spacial score (nSPS) is 14.0. The lowest BCUT2D eigenvalue weighted by Crippen LogP contribution is -2.40. The largest absolute Gasteiger partial charge is 0.481 e. The van der Waals surface area contributed by atoms with Crippen molar-refractivity contribution in [3.05, 3.63) is 21.9 Å². The highest BCUT2D eigenvalue weighted by Crippen LogP contribution is 2.23. The molecular weight excluding hydrogens is 279 g/mol. The Kier molecular flexibility index (Phi) is 4.65. The fraction of sp³-hybridized carbons (Fsp3) is 0.455. The molecule has 100 valence electrons. The number of rotatable bonds is 5. The monoisotopic (exact) mass is 292 g/mol. The van der Waals surface area contributed by atoms with E-state index in [1.807, 2.05) is 0 Å². The van der Waals surface area contributed by atoms with E-state index in [1.165, 1.54) is 6.07 Å². The predicted octanol–water partition coefficient (Wildman–Crippen LogP) is 2.55. The van der Waals surface area contributed by atoms with Gasteiger partial charge in [0.25, 0.3) is 5.91 Å². The SMILES string of the molecule is CCC(C)(CNC(=O)c1cc(Cl)c(Cl)[nH]1)C(=O)O. The minimum Gasteiger partial charge on any atom is -0.481 e. The zero-order valence-electron chi connectivity index (χ0n) is 10.0. The van der Waals surface area contributed by atoms with Crippen LogP contribution in [0.1, 0.15) is 30.8 Å². The molecule has 7 heteroatoms. The van der Waals surface area contributed by atoms with E-state index in [0.29, 0.717) is 6.42 Å². The van der Waals surface area contributed by atoms with Gasteiger partial charge in [-0.2, -0.15) is 0 Å². The van der Waals surface area contributed by atoms with Crippen molar-refractivity contribution in [1.82, 2.24) is 10.3 Å². The van der Waals surface area contributed by atoms with E-state index in [-0.39, 0.29) is 22.4 Å². The van der Waals surface area contributed by atoms with Crippen molar-refractivity contribution in [3.63, 3.8) is 0 Å². The molecule has 0 aliphatic carbocycles. The van der Waals surface area contributed by atoms with Gasteiger partial charge in [-0.3, -0.25) is 9.59 Å². The van der Waals surface area contributed by atoms with Gasteiger partial charge in [0.05, 0.1) is 10.4 Å². The zero-order chi connectivity index (χ0) is 13.9. The first kappa shape index (κ1) is 14.9. The molecule has 0 fully saturated rings. The highest BCUT2D eigenvalue weighted by molar-refractivity contribution is 6.41. The fourth-order valence-electron chi connectivity index (χ4n) is 1.25. The molecule has 0 bridgehead atoms. The second-order valence-electron chi connectivity index (χ2n) is 4.25. The molecule has 1 rings (SSSR count). The number of carboxylic acid groups (broad SMARTS) is 1. The molecule has 18 heavy (non-hydrogen) atoms. The molecular formula is C11H14Cl2N2O3. The maximum atomic E-state index is 11.7.